The zero-order chi connectivity index (χ0) is 10.4. The molecule has 5 nitrogen and oxygen atoms in total. The first-order valence-corrected chi connectivity index (χ1v) is 5.19. The quantitative estimate of drug-likeness (QED) is 0.681. The van der Waals surface area contributed by atoms with Crippen molar-refractivity contribution in [2.45, 2.75) is 26.2 Å². The van der Waals surface area contributed by atoms with E-state index < -0.39 is 0 Å². The van der Waals surface area contributed by atoms with E-state index in [1.807, 2.05) is 0 Å². The number of nitrogens with one attached hydrogen (secondary N) is 1. The highest BCUT2D eigenvalue weighted by atomic mass is 16.1. The standard InChI is InChI=1S/C10H12N4O/c1-6-2-3-7-8(4-6)13-10-11-5-12-14(10)9(7)15/h5-6H,2-4H2,1H3,(H,11,12,13)/t6-/m1/s1. The molecule has 0 fully saturated rings. The summed E-state index contributed by atoms with van der Waals surface area (Å²) in [6, 6.07) is 0. The monoisotopic (exact) mass is 204 g/mol. The fourth-order valence-electron chi connectivity index (χ4n) is 2.18. The molecule has 2 aromatic heterocycles. The second-order valence-electron chi connectivity index (χ2n) is 4.21. The molecular weight excluding hydrogens is 192 g/mol. The number of aromatic amines is 1. The van der Waals surface area contributed by atoms with Crippen LogP contribution in [0.15, 0.2) is 11.1 Å². The summed E-state index contributed by atoms with van der Waals surface area (Å²) in [4.78, 5) is 20.4. The molecule has 78 valence electrons. The second-order valence-corrected chi connectivity index (χ2v) is 4.21. The largest absolute Gasteiger partial charge is 0.278 e. The van der Waals surface area contributed by atoms with Crippen molar-refractivity contribution < 1.29 is 0 Å². The lowest BCUT2D eigenvalue weighted by atomic mass is 9.89. The molecule has 0 saturated heterocycles. The van der Waals surface area contributed by atoms with E-state index in [1.54, 1.807) is 0 Å². The van der Waals surface area contributed by atoms with Crippen molar-refractivity contribution in [2.24, 2.45) is 5.92 Å². The summed E-state index contributed by atoms with van der Waals surface area (Å²) in [5, 5.41) is 2.78. The van der Waals surface area contributed by atoms with Gasteiger partial charge in [-0.05, 0) is 25.2 Å². The van der Waals surface area contributed by atoms with Gasteiger partial charge in [-0.1, -0.05) is 6.92 Å². The van der Waals surface area contributed by atoms with Crippen LogP contribution in [0.1, 0.15) is 24.6 Å². The number of hydrogen-bond acceptors (Lipinski definition) is 3. The lowest BCUT2D eigenvalue weighted by molar-refractivity contribution is 0.487. The predicted octanol–water partition coefficient (Wildman–Crippen LogP) is 0.542. The number of rotatable bonds is 0. The summed E-state index contributed by atoms with van der Waals surface area (Å²) in [6.07, 6.45) is 4.31. The molecule has 0 spiro atoms. The Morgan fingerprint density at radius 2 is 2.47 bits per heavy atom. The summed E-state index contributed by atoms with van der Waals surface area (Å²) in [6.45, 7) is 2.19. The van der Waals surface area contributed by atoms with Crippen LogP contribution in [0.25, 0.3) is 5.78 Å². The molecule has 0 unspecified atom stereocenters. The van der Waals surface area contributed by atoms with E-state index in [0.29, 0.717) is 11.7 Å². The van der Waals surface area contributed by atoms with Crippen molar-refractivity contribution >= 4 is 5.78 Å². The zero-order valence-corrected chi connectivity index (χ0v) is 8.53. The smallest absolute Gasteiger partial charge is 0.277 e. The molecule has 1 atom stereocenters. The zero-order valence-electron chi connectivity index (χ0n) is 8.53. The van der Waals surface area contributed by atoms with Crippen LogP contribution in [0.5, 0.6) is 0 Å². The Bertz CT molecular complexity index is 568. The van der Waals surface area contributed by atoms with Gasteiger partial charge in [-0.15, -0.1) is 0 Å². The van der Waals surface area contributed by atoms with Crippen LogP contribution >= 0.6 is 0 Å². The number of aromatic nitrogens is 4. The normalized spacial score (nSPS) is 20.5. The topological polar surface area (TPSA) is 63.1 Å². The molecule has 2 aromatic rings. The van der Waals surface area contributed by atoms with E-state index in [9.17, 15) is 4.79 Å². The molecule has 15 heavy (non-hydrogen) atoms. The fourth-order valence-corrected chi connectivity index (χ4v) is 2.18. The Morgan fingerprint density at radius 3 is 3.33 bits per heavy atom. The van der Waals surface area contributed by atoms with Gasteiger partial charge in [-0.2, -0.15) is 4.52 Å². The maximum atomic E-state index is 12.0. The first-order chi connectivity index (χ1) is 7.25. The number of H-pyrrole nitrogens is 1. The van der Waals surface area contributed by atoms with E-state index in [-0.39, 0.29) is 5.56 Å². The SMILES string of the molecule is C[C@@H]1CCc2c(nc3nc[nH]n3c2=O)C1. The summed E-state index contributed by atoms with van der Waals surface area (Å²) >= 11 is 0. The highest BCUT2D eigenvalue weighted by molar-refractivity contribution is 5.32. The molecule has 0 aromatic carbocycles. The molecule has 0 radical (unpaired) electrons. The summed E-state index contributed by atoms with van der Waals surface area (Å²) in [7, 11) is 0. The average Bonchev–Trinajstić information content (AvgIpc) is 2.65. The van der Waals surface area contributed by atoms with Crippen molar-refractivity contribution in [3.05, 3.63) is 27.9 Å². The van der Waals surface area contributed by atoms with Crippen molar-refractivity contribution in [2.75, 3.05) is 0 Å². The van der Waals surface area contributed by atoms with E-state index in [2.05, 4.69) is 22.0 Å². The Balaban J connectivity index is 2.33. The highest BCUT2D eigenvalue weighted by Gasteiger charge is 2.21. The molecule has 0 bridgehead atoms. The maximum absolute atomic E-state index is 12.0. The van der Waals surface area contributed by atoms with Gasteiger partial charge in [0.05, 0.1) is 5.69 Å². The average molecular weight is 204 g/mol. The van der Waals surface area contributed by atoms with Crippen molar-refractivity contribution in [1.29, 1.82) is 0 Å². The van der Waals surface area contributed by atoms with Crippen LogP contribution in [-0.4, -0.2) is 19.6 Å². The van der Waals surface area contributed by atoms with Gasteiger partial charge in [0.1, 0.15) is 6.33 Å². The Kier molecular flexibility index (Phi) is 1.68. The van der Waals surface area contributed by atoms with Gasteiger partial charge in [0.25, 0.3) is 11.3 Å². The predicted molar refractivity (Wildman–Crippen MR) is 54.8 cm³/mol. The summed E-state index contributed by atoms with van der Waals surface area (Å²) in [5.74, 6) is 1.10. The molecular formula is C10H12N4O. The highest BCUT2D eigenvalue weighted by Crippen LogP contribution is 2.21. The molecule has 1 aliphatic carbocycles. The molecule has 1 aliphatic rings. The molecule has 3 rings (SSSR count). The Labute approximate surface area is 86.2 Å². The molecule has 5 heteroatoms. The van der Waals surface area contributed by atoms with Gasteiger partial charge in [0.15, 0.2) is 0 Å². The molecule has 0 amide bonds. The minimum Gasteiger partial charge on any atom is -0.278 e. The van der Waals surface area contributed by atoms with Crippen LogP contribution in [0.4, 0.5) is 0 Å². The van der Waals surface area contributed by atoms with Gasteiger partial charge in [0, 0.05) is 5.56 Å². The first-order valence-electron chi connectivity index (χ1n) is 5.19. The Morgan fingerprint density at radius 1 is 1.60 bits per heavy atom. The Hall–Kier alpha value is -1.65. The number of hydrogen-bond donors (Lipinski definition) is 1. The molecule has 0 aliphatic heterocycles. The van der Waals surface area contributed by atoms with Crippen LogP contribution in [0.3, 0.4) is 0 Å². The third-order valence-electron chi connectivity index (χ3n) is 3.04. The maximum Gasteiger partial charge on any atom is 0.277 e. The molecule has 0 saturated carbocycles. The van der Waals surface area contributed by atoms with Crippen LogP contribution in [-0.2, 0) is 12.8 Å². The van der Waals surface area contributed by atoms with Gasteiger partial charge < -0.3 is 0 Å². The van der Waals surface area contributed by atoms with Crippen molar-refractivity contribution in [3.63, 3.8) is 0 Å². The van der Waals surface area contributed by atoms with Crippen LogP contribution < -0.4 is 5.56 Å². The van der Waals surface area contributed by atoms with Crippen molar-refractivity contribution in [3.8, 4) is 0 Å². The third kappa shape index (κ3) is 1.19. The van der Waals surface area contributed by atoms with Gasteiger partial charge in [-0.25, -0.2) is 9.97 Å². The minimum atomic E-state index is 0.0133. The third-order valence-corrected chi connectivity index (χ3v) is 3.04. The van der Waals surface area contributed by atoms with E-state index in [4.69, 9.17) is 0 Å². The van der Waals surface area contributed by atoms with Crippen molar-refractivity contribution in [1.82, 2.24) is 19.6 Å². The molecule has 1 N–H and O–H groups in total. The fraction of sp³-hybridized carbons (Fsp3) is 0.500. The summed E-state index contributed by atoms with van der Waals surface area (Å²) < 4.78 is 1.41. The van der Waals surface area contributed by atoms with Gasteiger partial charge >= 0.3 is 0 Å². The van der Waals surface area contributed by atoms with Gasteiger partial charge in [0.2, 0.25) is 0 Å². The van der Waals surface area contributed by atoms with E-state index in [0.717, 1.165) is 30.5 Å². The summed E-state index contributed by atoms with van der Waals surface area (Å²) in [5.41, 5.74) is 1.81. The lowest BCUT2D eigenvalue weighted by Gasteiger charge is -2.19. The number of fused-ring (bicyclic) bond motifs is 2. The van der Waals surface area contributed by atoms with E-state index in [1.165, 1.54) is 10.8 Å². The van der Waals surface area contributed by atoms with Crippen LogP contribution in [0, 0.1) is 5.92 Å². The lowest BCUT2D eigenvalue weighted by Crippen LogP contribution is -2.27. The first kappa shape index (κ1) is 8.64. The molecule has 2 heterocycles. The number of nitrogens with zero attached hydrogens (tertiary/aromatic N) is 3. The van der Waals surface area contributed by atoms with E-state index >= 15 is 0 Å². The minimum absolute atomic E-state index is 0.0133. The second kappa shape index (κ2) is 2.92. The van der Waals surface area contributed by atoms with Crippen LogP contribution in [0.2, 0.25) is 0 Å². The van der Waals surface area contributed by atoms with Gasteiger partial charge in [-0.3, -0.25) is 9.89 Å².